The molecule has 1 fully saturated rings. The van der Waals surface area contributed by atoms with Gasteiger partial charge >= 0.3 is 0 Å². The minimum Gasteiger partial charge on any atom is -0.396 e. The van der Waals surface area contributed by atoms with Gasteiger partial charge in [0.05, 0.1) is 10.2 Å². The van der Waals surface area contributed by atoms with E-state index in [9.17, 15) is 0 Å². The van der Waals surface area contributed by atoms with Gasteiger partial charge in [0, 0.05) is 19.7 Å². The average molecular weight is 263 g/mol. The van der Waals surface area contributed by atoms with Crippen molar-refractivity contribution in [2.75, 3.05) is 24.6 Å². The van der Waals surface area contributed by atoms with E-state index in [2.05, 4.69) is 20.2 Å². The first-order chi connectivity index (χ1) is 8.88. The Morgan fingerprint density at radius 2 is 2.39 bits per heavy atom. The molecule has 1 N–H and O–H groups in total. The van der Waals surface area contributed by atoms with Crippen molar-refractivity contribution in [1.82, 2.24) is 9.97 Å². The van der Waals surface area contributed by atoms with Crippen LogP contribution in [-0.2, 0) is 0 Å². The van der Waals surface area contributed by atoms with Gasteiger partial charge in [-0.15, -0.1) is 11.3 Å². The number of aliphatic hydroxyl groups excluding tert-OH is 1. The third kappa shape index (κ3) is 2.20. The van der Waals surface area contributed by atoms with Gasteiger partial charge in [0.2, 0.25) is 0 Å². The molecular weight excluding hydrogens is 246 g/mol. The zero-order valence-corrected chi connectivity index (χ0v) is 11.1. The summed E-state index contributed by atoms with van der Waals surface area (Å²) in [5.74, 6) is 1.66. The van der Waals surface area contributed by atoms with Crippen molar-refractivity contribution in [3.8, 4) is 0 Å². The minimum absolute atomic E-state index is 0.288. The van der Waals surface area contributed by atoms with Crippen LogP contribution in [0.5, 0.6) is 0 Å². The third-order valence-corrected chi connectivity index (χ3v) is 4.48. The number of thiophene rings is 1. The van der Waals surface area contributed by atoms with Crippen LogP contribution in [0.25, 0.3) is 10.2 Å². The van der Waals surface area contributed by atoms with Crippen LogP contribution in [0.2, 0.25) is 0 Å². The maximum atomic E-state index is 9.07. The average Bonchev–Trinajstić information content (AvgIpc) is 2.87. The smallest absolute Gasteiger partial charge is 0.150 e. The van der Waals surface area contributed by atoms with Crippen molar-refractivity contribution >= 4 is 27.4 Å². The maximum absolute atomic E-state index is 9.07. The number of hydrogen-bond acceptors (Lipinski definition) is 5. The summed E-state index contributed by atoms with van der Waals surface area (Å²) in [6.45, 7) is 2.35. The summed E-state index contributed by atoms with van der Waals surface area (Å²) in [5, 5.41) is 11.1. The molecule has 5 heteroatoms. The van der Waals surface area contributed by atoms with Gasteiger partial charge in [-0.2, -0.15) is 0 Å². The molecule has 0 aliphatic carbocycles. The van der Waals surface area contributed by atoms with Crippen molar-refractivity contribution in [2.24, 2.45) is 5.92 Å². The fourth-order valence-corrected chi connectivity index (χ4v) is 3.54. The maximum Gasteiger partial charge on any atom is 0.150 e. The first-order valence-electron chi connectivity index (χ1n) is 6.42. The molecule has 0 radical (unpaired) electrons. The standard InChI is InChI=1S/C13H17N3OS/c17-6-3-10-2-1-5-16(8-10)13-12-11(4-7-18-12)14-9-15-13/h4,7,9-10,17H,1-3,5-6,8H2. The Bertz CT molecular complexity index is 526. The third-order valence-electron chi connectivity index (χ3n) is 3.58. The molecule has 0 saturated carbocycles. The number of hydrogen-bond donors (Lipinski definition) is 1. The molecule has 3 rings (SSSR count). The second kappa shape index (κ2) is 5.20. The second-order valence-corrected chi connectivity index (χ2v) is 5.71. The largest absolute Gasteiger partial charge is 0.396 e. The van der Waals surface area contributed by atoms with E-state index < -0.39 is 0 Å². The molecule has 96 valence electrons. The van der Waals surface area contributed by atoms with E-state index in [1.807, 2.05) is 6.07 Å². The molecule has 18 heavy (non-hydrogen) atoms. The predicted octanol–water partition coefficient (Wildman–Crippen LogP) is 2.29. The lowest BCUT2D eigenvalue weighted by Gasteiger charge is -2.33. The lowest BCUT2D eigenvalue weighted by atomic mass is 9.95. The van der Waals surface area contributed by atoms with Crippen LogP contribution in [-0.4, -0.2) is 34.8 Å². The van der Waals surface area contributed by atoms with Crippen LogP contribution in [0.1, 0.15) is 19.3 Å². The number of rotatable bonds is 3. The Morgan fingerprint density at radius 3 is 3.28 bits per heavy atom. The van der Waals surface area contributed by atoms with Gasteiger partial charge in [-0.1, -0.05) is 0 Å². The van der Waals surface area contributed by atoms with Crippen molar-refractivity contribution in [3.05, 3.63) is 17.8 Å². The molecule has 3 heterocycles. The number of aromatic nitrogens is 2. The fraction of sp³-hybridized carbons (Fsp3) is 0.538. The van der Waals surface area contributed by atoms with Crippen molar-refractivity contribution < 1.29 is 5.11 Å². The normalized spacial score (nSPS) is 20.5. The summed E-state index contributed by atoms with van der Waals surface area (Å²) in [6.07, 6.45) is 4.95. The van der Waals surface area contributed by atoms with Crippen LogP contribution in [0, 0.1) is 5.92 Å². The zero-order valence-electron chi connectivity index (χ0n) is 10.2. The lowest BCUT2D eigenvalue weighted by Crippen LogP contribution is -2.36. The molecule has 4 nitrogen and oxygen atoms in total. The molecule has 1 saturated heterocycles. The molecule has 2 aromatic heterocycles. The van der Waals surface area contributed by atoms with Gasteiger partial charge in [-0.05, 0) is 36.6 Å². The highest BCUT2D eigenvalue weighted by atomic mass is 32.1. The van der Waals surface area contributed by atoms with Gasteiger partial charge in [-0.3, -0.25) is 0 Å². The number of piperidine rings is 1. The van der Waals surface area contributed by atoms with Crippen LogP contribution < -0.4 is 4.90 Å². The molecule has 1 atom stereocenters. The highest BCUT2D eigenvalue weighted by Crippen LogP contribution is 2.31. The highest BCUT2D eigenvalue weighted by Gasteiger charge is 2.22. The van der Waals surface area contributed by atoms with Crippen molar-refractivity contribution in [2.45, 2.75) is 19.3 Å². The van der Waals surface area contributed by atoms with Gasteiger partial charge in [0.15, 0.2) is 0 Å². The SMILES string of the molecule is OCCC1CCCN(c2ncnc3ccsc23)C1. The van der Waals surface area contributed by atoms with E-state index in [0.717, 1.165) is 30.8 Å². The van der Waals surface area contributed by atoms with Gasteiger partial charge in [-0.25, -0.2) is 9.97 Å². The quantitative estimate of drug-likeness (QED) is 0.923. The Labute approximate surface area is 110 Å². The van der Waals surface area contributed by atoms with Crippen LogP contribution in [0.3, 0.4) is 0 Å². The Kier molecular flexibility index (Phi) is 3.43. The van der Waals surface area contributed by atoms with E-state index in [1.54, 1.807) is 17.7 Å². The van der Waals surface area contributed by atoms with Gasteiger partial charge in [0.25, 0.3) is 0 Å². The summed E-state index contributed by atoms with van der Waals surface area (Å²) >= 11 is 1.71. The molecule has 1 aliphatic heterocycles. The Balaban J connectivity index is 1.87. The molecule has 0 amide bonds. The molecule has 2 aromatic rings. The number of anilines is 1. The van der Waals surface area contributed by atoms with Gasteiger partial charge in [0.1, 0.15) is 12.1 Å². The fourth-order valence-electron chi connectivity index (χ4n) is 2.68. The monoisotopic (exact) mass is 263 g/mol. The topological polar surface area (TPSA) is 49.2 Å². The highest BCUT2D eigenvalue weighted by molar-refractivity contribution is 7.17. The van der Waals surface area contributed by atoms with E-state index in [0.29, 0.717) is 5.92 Å². The number of nitrogens with zero attached hydrogens (tertiary/aromatic N) is 3. The lowest BCUT2D eigenvalue weighted by molar-refractivity contribution is 0.244. The van der Waals surface area contributed by atoms with E-state index in [4.69, 9.17) is 5.11 Å². The van der Waals surface area contributed by atoms with Crippen LogP contribution in [0.4, 0.5) is 5.82 Å². The van der Waals surface area contributed by atoms with Crippen molar-refractivity contribution in [1.29, 1.82) is 0 Å². The molecule has 0 bridgehead atoms. The zero-order chi connectivity index (χ0) is 12.4. The summed E-state index contributed by atoms with van der Waals surface area (Å²) in [6, 6.07) is 2.04. The summed E-state index contributed by atoms with van der Waals surface area (Å²) in [7, 11) is 0. The molecule has 1 unspecified atom stereocenters. The molecule has 0 spiro atoms. The summed E-state index contributed by atoms with van der Waals surface area (Å²) in [4.78, 5) is 11.1. The van der Waals surface area contributed by atoms with E-state index in [1.165, 1.54) is 17.5 Å². The molecule has 1 aliphatic rings. The predicted molar refractivity (Wildman–Crippen MR) is 74.1 cm³/mol. The van der Waals surface area contributed by atoms with Crippen LogP contribution >= 0.6 is 11.3 Å². The number of aliphatic hydroxyl groups is 1. The Morgan fingerprint density at radius 1 is 1.44 bits per heavy atom. The Hall–Kier alpha value is -1.20. The first-order valence-corrected chi connectivity index (χ1v) is 7.30. The first kappa shape index (κ1) is 11.9. The number of fused-ring (bicyclic) bond motifs is 1. The molecular formula is C13H17N3OS. The minimum atomic E-state index is 0.288. The van der Waals surface area contributed by atoms with Gasteiger partial charge < -0.3 is 10.0 Å². The second-order valence-electron chi connectivity index (χ2n) is 4.80. The van der Waals surface area contributed by atoms with E-state index >= 15 is 0 Å². The molecule has 0 aromatic carbocycles. The van der Waals surface area contributed by atoms with Crippen molar-refractivity contribution in [3.63, 3.8) is 0 Å². The summed E-state index contributed by atoms with van der Waals surface area (Å²) in [5.41, 5.74) is 1.04. The van der Waals surface area contributed by atoms with E-state index in [-0.39, 0.29) is 6.61 Å². The van der Waals surface area contributed by atoms with Crippen LogP contribution in [0.15, 0.2) is 17.8 Å². The summed E-state index contributed by atoms with van der Waals surface area (Å²) < 4.78 is 1.18.